The first-order valence-electron chi connectivity index (χ1n) is 5.58. The molecule has 9 heteroatoms. The number of hydrogen-bond acceptors (Lipinski definition) is 5. The van der Waals surface area contributed by atoms with E-state index in [0.717, 1.165) is 0 Å². The van der Waals surface area contributed by atoms with Crippen LogP contribution >= 0.6 is 11.8 Å². The summed E-state index contributed by atoms with van der Waals surface area (Å²) in [5.74, 6) is -0.405. The minimum Gasteiger partial charge on any atom is -0.461 e. The number of nitrogens with zero attached hydrogens (tertiary/aromatic N) is 3. The lowest BCUT2D eigenvalue weighted by molar-refractivity contribution is -0.144. The molecular weight excluding hydrogens is 283 g/mol. The van der Waals surface area contributed by atoms with Gasteiger partial charge in [0.1, 0.15) is 0 Å². The van der Waals surface area contributed by atoms with Crippen molar-refractivity contribution in [1.29, 1.82) is 0 Å². The molecule has 0 saturated carbocycles. The quantitative estimate of drug-likeness (QED) is 0.595. The van der Waals surface area contributed by atoms with Gasteiger partial charge in [0.25, 0.3) is 0 Å². The van der Waals surface area contributed by atoms with Crippen molar-refractivity contribution in [3.05, 3.63) is 11.4 Å². The standard InChI is InChI=1S/C10H14F3N3O2S/c1-3-18-9(17)7-8(10(11,12)13)16(15-14-7)5-4-6-19-2/h3-6H2,1-2H3. The molecule has 0 saturated heterocycles. The fourth-order valence-electron chi connectivity index (χ4n) is 1.45. The zero-order valence-corrected chi connectivity index (χ0v) is 11.3. The number of rotatable bonds is 6. The van der Waals surface area contributed by atoms with E-state index in [-0.39, 0.29) is 13.2 Å². The lowest BCUT2D eigenvalue weighted by Crippen LogP contribution is -2.19. The molecule has 1 heterocycles. The van der Waals surface area contributed by atoms with Gasteiger partial charge in [-0.05, 0) is 25.4 Å². The van der Waals surface area contributed by atoms with E-state index in [4.69, 9.17) is 0 Å². The van der Waals surface area contributed by atoms with Gasteiger partial charge < -0.3 is 4.74 Å². The van der Waals surface area contributed by atoms with E-state index in [2.05, 4.69) is 15.0 Å². The van der Waals surface area contributed by atoms with Crippen molar-refractivity contribution in [2.45, 2.75) is 26.1 Å². The average molecular weight is 297 g/mol. The number of aryl methyl sites for hydroxylation is 1. The van der Waals surface area contributed by atoms with Gasteiger partial charge in [-0.1, -0.05) is 5.21 Å². The van der Waals surface area contributed by atoms with Gasteiger partial charge >= 0.3 is 12.1 Å². The molecule has 1 aromatic heterocycles. The van der Waals surface area contributed by atoms with Crippen LogP contribution in [0.3, 0.4) is 0 Å². The molecule has 0 aliphatic heterocycles. The molecule has 0 aliphatic rings. The second-order valence-electron chi connectivity index (χ2n) is 3.57. The molecule has 0 N–H and O–H groups in total. The number of hydrogen-bond donors (Lipinski definition) is 0. The first-order valence-corrected chi connectivity index (χ1v) is 6.98. The van der Waals surface area contributed by atoms with Crippen LogP contribution in [0.1, 0.15) is 29.5 Å². The Balaban J connectivity index is 3.02. The van der Waals surface area contributed by atoms with Crippen molar-refractivity contribution in [3.8, 4) is 0 Å². The highest BCUT2D eigenvalue weighted by Gasteiger charge is 2.41. The van der Waals surface area contributed by atoms with E-state index in [9.17, 15) is 18.0 Å². The Kier molecular flexibility index (Phi) is 5.64. The maximum Gasteiger partial charge on any atom is 0.435 e. The molecule has 1 aromatic rings. The molecule has 0 fully saturated rings. The van der Waals surface area contributed by atoms with Crippen LogP contribution in [-0.4, -0.2) is 39.6 Å². The normalized spacial score (nSPS) is 11.6. The Labute approximate surface area is 112 Å². The van der Waals surface area contributed by atoms with Crippen LogP contribution in [0.5, 0.6) is 0 Å². The van der Waals surface area contributed by atoms with E-state index >= 15 is 0 Å². The van der Waals surface area contributed by atoms with E-state index in [1.807, 2.05) is 6.26 Å². The zero-order valence-electron chi connectivity index (χ0n) is 10.5. The van der Waals surface area contributed by atoms with E-state index in [1.165, 1.54) is 18.7 Å². The second kappa shape index (κ2) is 6.78. The maximum absolute atomic E-state index is 12.9. The minimum atomic E-state index is -4.69. The number of carbonyl (C=O) groups excluding carboxylic acids is 1. The third-order valence-electron chi connectivity index (χ3n) is 2.19. The molecule has 19 heavy (non-hydrogen) atoms. The summed E-state index contributed by atoms with van der Waals surface area (Å²) in [6.45, 7) is 1.55. The number of thioether (sulfide) groups is 1. The Morgan fingerprint density at radius 3 is 2.68 bits per heavy atom. The summed E-state index contributed by atoms with van der Waals surface area (Å²) in [4.78, 5) is 11.4. The number of ether oxygens (including phenoxy) is 1. The van der Waals surface area contributed by atoms with Crippen LogP contribution in [0.25, 0.3) is 0 Å². The van der Waals surface area contributed by atoms with E-state index in [1.54, 1.807) is 0 Å². The lowest BCUT2D eigenvalue weighted by atomic mass is 10.3. The van der Waals surface area contributed by atoms with Crippen molar-refractivity contribution < 1.29 is 22.7 Å². The molecule has 0 amide bonds. The third kappa shape index (κ3) is 4.12. The number of alkyl halides is 3. The predicted molar refractivity (Wildman–Crippen MR) is 64.0 cm³/mol. The summed E-state index contributed by atoms with van der Waals surface area (Å²) >= 11 is 1.52. The predicted octanol–water partition coefficient (Wildman–Crippen LogP) is 2.23. The summed E-state index contributed by atoms with van der Waals surface area (Å²) in [7, 11) is 0. The third-order valence-corrected chi connectivity index (χ3v) is 2.89. The molecule has 0 aliphatic carbocycles. The molecule has 0 aromatic carbocycles. The van der Waals surface area contributed by atoms with Crippen LogP contribution in [0.2, 0.25) is 0 Å². The highest BCUT2D eigenvalue weighted by molar-refractivity contribution is 7.98. The average Bonchev–Trinajstić information content (AvgIpc) is 2.73. The van der Waals surface area contributed by atoms with Gasteiger partial charge in [0.05, 0.1) is 6.61 Å². The first kappa shape index (κ1) is 15.8. The van der Waals surface area contributed by atoms with Gasteiger partial charge in [0.15, 0.2) is 5.69 Å². The van der Waals surface area contributed by atoms with Crippen LogP contribution < -0.4 is 0 Å². The van der Waals surface area contributed by atoms with Crippen molar-refractivity contribution in [2.24, 2.45) is 0 Å². The SMILES string of the molecule is CCOC(=O)c1nnn(CCCSC)c1C(F)(F)F. The van der Waals surface area contributed by atoms with E-state index < -0.39 is 23.5 Å². The van der Waals surface area contributed by atoms with Crippen LogP contribution in [0.4, 0.5) is 13.2 Å². The first-order chi connectivity index (χ1) is 8.91. The molecule has 5 nitrogen and oxygen atoms in total. The number of esters is 1. The smallest absolute Gasteiger partial charge is 0.435 e. The number of aromatic nitrogens is 3. The summed E-state index contributed by atoms with van der Waals surface area (Å²) in [5, 5.41) is 6.69. The van der Waals surface area contributed by atoms with Crippen LogP contribution in [-0.2, 0) is 17.5 Å². The van der Waals surface area contributed by atoms with Crippen molar-refractivity contribution in [3.63, 3.8) is 0 Å². The van der Waals surface area contributed by atoms with Crippen molar-refractivity contribution >= 4 is 17.7 Å². The lowest BCUT2D eigenvalue weighted by Gasteiger charge is -2.10. The molecule has 108 valence electrons. The van der Waals surface area contributed by atoms with E-state index in [0.29, 0.717) is 16.9 Å². The highest BCUT2D eigenvalue weighted by Crippen LogP contribution is 2.31. The molecule has 0 radical (unpaired) electrons. The van der Waals surface area contributed by atoms with Crippen molar-refractivity contribution in [2.75, 3.05) is 18.6 Å². The van der Waals surface area contributed by atoms with Crippen molar-refractivity contribution in [1.82, 2.24) is 15.0 Å². The highest BCUT2D eigenvalue weighted by atomic mass is 32.2. The monoisotopic (exact) mass is 297 g/mol. The maximum atomic E-state index is 12.9. The number of carbonyl (C=O) groups is 1. The Morgan fingerprint density at radius 1 is 1.47 bits per heavy atom. The topological polar surface area (TPSA) is 57.0 Å². The Hall–Kier alpha value is -1.25. The summed E-state index contributed by atoms with van der Waals surface area (Å²) in [5.41, 5.74) is -1.93. The largest absolute Gasteiger partial charge is 0.461 e. The summed E-state index contributed by atoms with van der Waals surface area (Å²) in [6.07, 6.45) is -2.32. The van der Waals surface area contributed by atoms with Crippen LogP contribution in [0.15, 0.2) is 0 Å². The summed E-state index contributed by atoms with van der Waals surface area (Å²) in [6, 6.07) is 0. The molecule has 1 rings (SSSR count). The van der Waals surface area contributed by atoms with Gasteiger partial charge in [-0.2, -0.15) is 24.9 Å². The zero-order chi connectivity index (χ0) is 14.5. The fourth-order valence-corrected chi connectivity index (χ4v) is 1.86. The van der Waals surface area contributed by atoms with Crippen LogP contribution in [0, 0.1) is 0 Å². The fraction of sp³-hybridized carbons (Fsp3) is 0.700. The number of halogens is 3. The van der Waals surface area contributed by atoms with Gasteiger partial charge in [-0.25, -0.2) is 9.48 Å². The van der Waals surface area contributed by atoms with Gasteiger partial charge in [-0.3, -0.25) is 0 Å². The second-order valence-corrected chi connectivity index (χ2v) is 4.56. The molecular formula is C10H14F3N3O2S. The summed E-state index contributed by atoms with van der Waals surface area (Å²) < 4.78 is 44.1. The minimum absolute atomic E-state index is 0.0184. The van der Waals surface area contributed by atoms with Gasteiger partial charge in [-0.15, -0.1) is 5.10 Å². The molecule has 0 bridgehead atoms. The molecule has 0 atom stereocenters. The Bertz CT molecular complexity index is 434. The van der Waals surface area contributed by atoms with Gasteiger partial charge in [0, 0.05) is 6.54 Å². The molecule has 0 spiro atoms. The molecule has 0 unspecified atom stereocenters. The Morgan fingerprint density at radius 2 is 2.16 bits per heavy atom. The van der Waals surface area contributed by atoms with Gasteiger partial charge in [0.2, 0.25) is 5.69 Å².